The number of hydrogen-bond donors (Lipinski definition) is 1. The number of thiocarbonyl (C=S) groups is 1. The first-order valence-electron chi connectivity index (χ1n) is 4.56. The Kier molecular flexibility index (Phi) is 3.07. The summed E-state index contributed by atoms with van der Waals surface area (Å²) in [7, 11) is 0. The standard InChI is InChI=1S/C9H18N2S/c1-9(2)5-3-6-11(9)7-4-8(10)12/h3-7H2,1-2H3,(H2,10,12). The molecule has 0 aliphatic carbocycles. The summed E-state index contributed by atoms with van der Waals surface area (Å²) in [5, 5.41) is 0. The topological polar surface area (TPSA) is 29.3 Å². The van der Waals surface area contributed by atoms with Crippen molar-refractivity contribution in [1.29, 1.82) is 0 Å². The van der Waals surface area contributed by atoms with Crippen LogP contribution in [0.15, 0.2) is 0 Å². The van der Waals surface area contributed by atoms with Gasteiger partial charge in [-0.25, -0.2) is 0 Å². The highest BCUT2D eigenvalue weighted by atomic mass is 32.1. The summed E-state index contributed by atoms with van der Waals surface area (Å²) in [6.07, 6.45) is 3.47. The third-order valence-electron chi connectivity index (χ3n) is 2.70. The highest BCUT2D eigenvalue weighted by Gasteiger charge is 2.30. The lowest BCUT2D eigenvalue weighted by Gasteiger charge is -2.31. The molecule has 2 N–H and O–H groups in total. The molecular formula is C9H18N2S. The zero-order valence-electron chi connectivity index (χ0n) is 7.97. The van der Waals surface area contributed by atoms with E-state index < -0.39 is 0 Å². The highest BCUT2D eigenvalue weighted by Crippen LogP contribution is 2.27. The molecule has 0 unspecified atom stereocenters. The minimum Gasteiger partial charge on any atom is -0.393 e. The summed E-state index contributed by atoms with van der Waals surface area (Å²) in [4.78, 5) is 3.12. The maximum absolute atomic E-state index is 5.46. The van der Waals surface area contributed by atoms with Crippen LogP contribution in [0.25, 0.3) is 0 Å². The van der Waals surface area contributed by atoms with E-state index in [1.165, 1.54) is 19.4 Å². The van der Waals surface area contributed by atoms with Gasteiger partial charge in [0.2, 0.25) is 0 Å². The molecular weight excluding hydrogens is 168 g/mol. The molecule has 70 valence electrons. The molecule has 0 spiro atoms. The molecule has 0 aromatic heterocycles. The second-order valence-corrected chi connectivity index (χ2v) is 4.64. The molecule has 0 radical (unpaired) electrons. The zero-order valence-corrected chi connectivity index (χ0v) is 8.78. The summed E-state index contributed by atoms with van der Waals surface area (Å²) < 4.78 is 0. The lowest BCUT2D eigenvalue weighted by atomic mass is 10.0. The van der Waals surface area contributed by atoms with E-state index in [1.807, 2.05) is 0 Å². The lowest BCUT2D eigenvalue weighted by Crippen LogP contribution is -2.39. The fourth-order valence-electron chi connectivity index (χ4n) is 1.82. The normalized spacial score (nSPS) is 22.8. The second kappa shape index (κ2) is 3.71. The average molecular weight is 186 g/mol. The van der Waals surface area contributed by atoms with Crippen LogP contribution in [0.5, 0.6) is 0 Å². The van der Waals surface area contributed by atoms with Gasteiger partial charge in [0.05, 0.1) is 4.99 Å². The van der Waals surface area contributed by atoms with Gasteiger partial charge in [0.1, 0.15) is 0 Å². The Morgan fingerprint density at radius 2 is 2.25 bits per heavy atom. The first-order chi connectivity index (χ1) is 5.52. The molecule has 0 atom stereocenters. The quantitative estimate of drug-likeness (QED) is 0.678. The lowest BCUT2D eigenvalue weighted by molar-refractivity contribution is 0.180. The van der Waals surface area contributed by atoms with Crippen molar-refractivity contribution >= 4 is 17.2 Å². The van der Waals surface area contributed by atoms with Gasteiger partial charge in [-0.3, -0.25) is 4.90 Å². The Bertz CT molecular complexity index is 177. The summed E-state index contributed by atoms with van der Waals surface area (Å²) in [5.41, 5.74) is 5.83. The Labute approximate surface area is 80.1 Å². The monoisotopic (exact) mass is 186 g/mol. The van der Waals surface area contributed by atoms with Crippen molar-refractivity contribution in [2.45, 2.75) is 38.6 Å². The van der Waals surface area contributed by atoms with Crippen molar-refractivity contribution in [3.8, 4) is 0 Å². The molecule has 1 aliphatic rings. The Hall–Kier alpha value is -0.150. The van der Waals surface area contributed by atoms with Gasteiger partial charge in [0.15, 0.2) is 0 Å². The van der Waals surface area contributed by atoms with E-state index in [2.05, 4.69) is 18.7 Å². The summed E-state index contributed by atoms with van der Waals surface area (Å²) in [6, 6.07) is 0. The molecule has 2 nitrogen and oxygen atoms in total. The molecule has 0 amide bonds. The Morgan fingerprint density at radius 3 is 2.67 bits per heavy atom. The van der Waals surface area contributed by atoms with Crippen LogP contribution in [0, 0.1) is 0 Å². The van der Waals surface area contributed by atoms with Crippen LogP contribution in [0.2, 0.25) is 0 Å². The SMILES string of the molecule is CC1(C)CCCN1CCC(N)=S. The van der Waals surface area contributed by atoms with E-state index in [-0.39, 0.29) is 0 Å². The van der Waals surface area contributed by atoms with Crippen molar-refractivity contribution in [3.63, 3.8) is 0 Å². The molecule has 1 rings (SSSR count). The van der Waals surface area contributed by atoms with Crippen LogP contribution >= 0.6 is 12.2 Å². The van der Waals surface area contributed by atoms with E-state index in [1.54, 1.807) is 0 Å². The van der Waals surface area contributed by atoms with E-state index >= 15 is 0 Å². The second-order valence-electron chi connectivity index (χ2n) is 4.12. The summed E-state index contributed by atoms with van der Waals surface area (Å²) in [5.74, 6) is 0. The van der Waals surface area contributed by atoms with Gasteiger partial charge in [0, 0.05) is 18.5 Å². The molecule has 1 fully saturated rings. The smallest absolute Gasteiger partial charge is 0.0740 e. The largest absolute Gasteiger partial charge is 0.393 e. The molecule has 3 heteroatoms. The van der Waals surface area contributed by atoms with Crippen LogP contribution in [-0.2, 0) is 0 Å². The van der Waals surface area contributed by atoms with Crippen LogP contribution in [0.1, 0.15) is 33.1 Å². The van der Waals surface area contributed by atoms with Crippen molar-refractivity contribution in [2.75, 3.05) is 13.1 Å². The van der Waals surface area contributed by atoms with Gasteiger partial charge in [-0.15, -0.1) is 0 Å². The molecule has 1 saturated heterocycles. The van der Waals surface area contributed by atoms with Gasteiger partial charge in [0.25, 0.3) is 0 Å². The first-order valence-corrected chi connectivity index (χ1v) is 4.96. The molecule has 0 aromatic carbocycles. The Morgan fingerprint density at radius 1 is 1.58 bits per heavy atom. The van der Waals surface area contributed by atoms with Gasteiger partial charge in [-0.05, 0) is 33.2 Å². The fourth-order valence-corrected chi connectivity index (χ4v) is 1.91. The van der Waals surface area contributed by atoms with Crippen molar-refractivity contribution < 1.29 is 0 Å². The minimum absolute atomic E-state index is 0.366. The molecule has 0 aromatic rings. The third kappa shape index (κ3) is 2.42. The van der Waals surface area contributed by atoms with Crippen LogP contribution in [0.3, 0.4) is 0 Å². The number of nitrogens with zero attached hydrogens (tertiary/aromatic N) is 1. The molecule has 0 saturated carbocycles. The van der Waals surface area contributed by atoms with E-state index in [0.717, 1.165) is 13.0 Å². The Balaban J connectivity index is 2.36. The van der Waals surface area contributed by atoms with Crippen molar-refractivity contribution in [3.05, 3.63) is 0 Å². The molecule has 0 bridgehead atoms. The summed E-state index contributed by atoms with van der Waals surface area (Å²) in [6.45, 7) is 6.82. The zero-order chi connectivity index (χ0) is 9.19. The van der Waals surface area contributed by atoms with E-state index in [9.17, 15) is 0 Å². The predicted molar refractivity (Wildman–Crippen MR) is 56.3 cm³/mol. The van der Waals surface area contributed by atoms with Gasteiger partial charge >= 0.3 is 0 Å². The predicted octanol–water partition coefficient (Wildman–Crippen LogP) is 1.54. The average Bonchev–Trinajstić information content (AvgIpc) is 2.25. The molecule has 12 heavy (non-hydrogen) atoms. The van der Waals surface area contributed by atoms with E-state index in [4.69, 9.17) is 18.0 Å². The van der Waals surface area contributed by atoms with Crippen LogP contribution in [-0.4, -0.2) is 28.5 Å². The first kappa shape index (κ1) is 9.93. The number of hydrogen-bond acceptors (Lipinski definition) is 2. The number of likely N-dealkylation sites (tertiary alicyclic amines) is 1. The molecule has 1 heterocycles. The number of nitrogens with two attached hydrogens (primary N) is 1. The summed E-state index contributed by atoms with van der Waals surface area (Å²) >= 11 is 4.86. The van der Waals surface area contributed by atoms with Gasteiger partial charge < -0.3 is 5.73 Å². The number of rotatable bonds is 3. The van der Waals surface area contributed by atoms with Crippen LogP contribution in [0.4, 0.5) is 0 Å². The van der Waals surface area contributed by atoms with Crippen molar-refractivity contribution in [2.24, 2.45) is 5.73 Å². The van der Waals surface area contributed by atoms with Gasteiger partial charge in [-0.2, -0.15) is 0 Å². The highest BCUT2D eigenvalue weighted by molar-refractivity contribution is 7.80. The van der Waals surface area contributed by atoms with Gasteiger partial charge in [-0.1, -0.05) is 12.2 Å². The van der Waals surface area contributed by atoms with Crippen LogP contribution < -0.4 is 5.73 Å². The minimum atomic E-state index is 0.366. The third-order valence-corrected chi connectivity index (χ3v) is 2.90. The van der Waals surface area contributed by atoms with Crippen molar-refractivity contribution in [1.82, 2.24) is 4.90 Å². The maximum atomic E-state index is 5.46. The fraction of sp³-hybridized carbons (Fsp3) is 0.889. The van der Waals surface area contributed by atoms with E-state index in [0.29, 0.717) is 10.5 Å². The maximum Gasteiger partial charge on any atom is 0.0740 e. The molecule has 1 aliphatic heterocycles.